The highest BCUT2D eigenvalue weighted by molar-refractivity contribution is 7.09. The topological polar surface area (TPSA) is 120 Å². The SMILES string of the molecule is O=C(O)C(F)(F)F.O=C(O)C(F)(F)F.O=C1[C@@H]2CCN(Cc3cccs3)C[C@@H]2OCCN1Cc1cccnc1. The maximum Gasteiger partial charge on any atom is 0.490 e. The van der Waals surface area contributed by atoms with Crippen molar-refractivity contribution in [3.05, 3.63) is 52.5 Å². The Kier molecular flexibility index (Phi) is 11.7. The summed E-state index contributed by atoms with van der Waals surface area (Å²) in [6.45, 7) is 4.64. The first-order valence-electron chi connectivity index (χ1n) is 11.3. The predicted molar refractivity (Wildman–Crippen MR) is 124 cm³/mol. The van der Waals surface area contributed by atoms with Gasteiger partial charge in [-0.3, -0.25) is 14.7 Å². The zero-order valence-corrected chi connectivity index (χ0v) is 21.0. The lowest BCUT2D eigenvalue weighted by Crippen LogP contribution is -2.48. The number of halogens is 6. The number of hydrogen-bond acceptors (Lipinski definition) is 7. The van der Waals surface area contributed by atoms with Crippen LogP contribution in [-0.2, 0) is 32.2 Å². The van der Waals surface area contributed by atoms with Gasteiger partial charge in [0.05, 0.1) is 18.6 Å². The van der Waals surface area contributed by atoms with Crippen LogP contribution in [0, 0.1) is 5.92 Å². The van der Waals surface area contributed by atoms with Gasteiger partial charge < -0.3 is 19.8 Å². The number of aromatic nitrogens is 1. The molecule has 2 aromatic heterocycles. The molecule has 2 fully saturated rings. The van der Waals surface area contributed by atoms with Crippen molar-refractivity contribution in [3.63, 3.8) is 0 Å². The molecule has 4 heterocycles. The Morgan fingerprint density at radius 1 is 1.03 bits per heavy atom. The molecule has 9 nitrogen and oxygen atoms in total. The average molecular weight is 586 g/mol. The molecule has 0 aromatic carbocycles. The second-order valence-electron chi connectivity index (χ2n) is 8.35. The third kappa shape index (κ3) is 10.8. The molecule has 1 amide bonds. The molecule has 0 radical (unpaired) electrons. The van der Waals surface area contributed by atoms with Crippen LogP contribution >= 0.6 is 11.3 Å². The minimum atomic E-state index is -5.08. The fourth-order valence-electron chi connectivity index (χ4n) is 3.73. The summed E-state index contributed by atoms with van der Waals surface area (Å²) in [5.41, 5.74) is 1.07. The standard InChI is InChI=1S/C19H23N3O2S.2C2HF3O2/c23-19-17-5-7-21(13-16-4-2-10-25-16)14-18(17)24-9-8-22(19)12-15-3-1-6-20-11-15;2*3-2(4,5)1(6)7/h1-4,6,10-11,17-18H,5,7-9,12-14H2;2*(H,6,7)/t17-,18+;;/m1../s1. The van der Waals surface area contributed by atoms with Crippen LogP contribution in [0.2, 0.25) is 0 Å². The lowest BCUT2D eigenvalue weighted by molar-refractivity contribution is -0.193. The van der Waals surface area contributed by atoms with Crippen molar-refractivity contribution in [1.29, 1.82) is 0 Å². The van der Waals surface area contributed by atoms with Gasteiger partial charge in [0.15, 0.2) is 0 Å². The van der Waals surface area contributed by atoms with Crippen LogP contribution in [0.1, 0.15) is 16.9 Å². The summed E-state index contributed by atoms with van der Waals surface area (Å²) in [5.74, 6) is -5.29. The Bertz CT molecular complexity index is 1040. The number of amides is 1. The summed E-state index contributed by atoms with van der Waals surface area (Å²) >= 11 is 1.79. The Hall–Kier alpha value is -3.24. The first-order chi connectivity index (χ1) is 18.2. The largest absolute Gasteiger partial charge is 0.490 e. The van der Waals surface area contributed by atoms with Gasteiger partial charge in [-0.2, -0.15) is 26.3 Å². The molecule has 2 saturated heterocycles. The monoisotopic (exact) mass is 585 g/mol. The molecule has 39 heavy (non-hydrogen) atoms. The number of nitrogens with zero attached hydrogens (tertiary/aromatic N) is 3. The van der Waals surface area contributed by atoms with Gasteiger partial charge >= 0.3 is 24.3 Å². The summed E-state index contributed by atoms with van der Waals surface area (Å²) in [6.07, 6.45) is -5.69. The van der Waals surface area contributed by atoms with Gasteiger partial charge in [-0.15, -0.1) is 11.3 Å². The molecule has 0 spiro atoms. The molecule has 16 heteroatoms. The summed E-state index contributed by atoms with van der Waals surface area (Å²) in [7, 11) is 0. The molecule has 216 valence electrons. The van der Waals surface area contributed by atoms with Crippen molar-refractivity contribution in [2.75, 3.05) is 26.2 Å². The molecule has 0 saturated carbocycles. The van der Waals surface area contributed by atoms with Crippen molar-refractivity contribution in [2.24, 2.45) is 5.92 Å². The van der Waals surface area contributed by atoms with E-state index >= 15 is 0 Å². The second-order valence-corrected chi connectivity index (χ2v) is 9.38. The van der Waals surface area contributed by atoms with Crippen molar-refractivity contribution in [2.45, 2.75) is 38.0 Å². The van der Waals surface area contributed by atoms with Gasteiger partial charge in [0, 0.05) is 43.4 Å². The lowest BCUT2D eigenvalue weighted by atomic mass is 9.92. The van der Waals surface area contributed by atoms with Crippen molar-refractivity contribution in [1.82, 2.24) is 14.8 Å². The molecule has 0 unspecified atom stereocenters. The van der Waals surface area contributed by atoms with Gasteiger partial charge in [-0.25, -0.2) is 9.59 Å². The van der Waals surface area contributed by atoms with E-state index in [4.69, 9.17) is 24.5 Å². The highest BCUT2D eigenvalue weighted by atomic mass is 32.1. The van der Waals surface area contributed by atoms with Crippen LogP contribution in [0.15, 0.2) is 42.0 Å². The Labute approximate surface area is 222 Å². The third-order valence-corrected chi connectivity index (χ3v) is 6.37. The van der Waals surface area contributed by atoms with Gasteiger partial charge in [-0.1, -0.05) is 12.1 Å². The summed E-state index contributed by atoms with van der Waals surface area (Å²) < 4.78 is 69.6. The van der Waals surface area contributed by atoms with Crippen LogP contribution in [-0.4, -0.2) is 87.5 Å². The zero-order valence-electron chi connectivity index (χ0n) is 20.2. The van der Waals surface area contributed by atoms with Crippen LogP contribution in [0.4, 0.5) is 26.3 Å². The Morgan fingerprint density at radius 3 is 2.18 bits per heavy atom. The quantitative estimate of drug-likeness (QED) is 0.522. The summed E-state index contributed by atoms with van der Waals surface area (Å²) in [5, 5.41) is 16.4. The zero-order chi connectivity index (χ0) is 29.2. The molecular weight excluding hydrogens is 560 g/mol. The fraction of sp³-hybridized carbons (Fsp3) is 0.478. The van der Waals surface area contributed by atoms with Crippen molar-refractivity contribution in [3.8, 4) is 0 Å². The van der Waals surface area contributed by atoms with Crippen molar-refractivity contribution < 1.29 is 55.7 Å². The van der Waals surface area contributed by atoms with Crippen LogP contribution in [0.3, 0.4) is 0 Å². The summed E-state index contributed by atoms with van der Waals surface area (Å²) in [6, 6.07) is 8.20. The first-order valence-corrected chi connectivity index (χ1v) is 12.2. The number of carbonyl (C=O) groups is 3. The van der Waals surface area contributed by atoms with E-state index in [1.165, 1.54) is 4.88 Å². The maximum absolute atomic E-state index is 13.0. The van der Waals surface area contributed by atoms with E-state index in [1.54, 1.807) is 17.5 Å². The molecule has 2 N–H and O–H groups in total. The second kappa shape index (κ2) is 14.2. The number of fused-ring (bicyclic) bond motifs is 1. The molecule has 2 aromatic rings. The number of carbonyl (C=O) groups excluding carboxylic acids is 1. The number of likely N-dealkylation sites (tertiary alicyclic amines) is 1. The number of rotatable bonds is 4. The van der Waals surface area contributed by atoms with E-state index in [0.29, 0.717) is 19.7 Å². The van der Waals surface area contributed by atoms with Gasteiger partial charge in [0.2, 0.25) is 5.91 Å². The highest BCUT2D eigenvalue weighted by Gasteiger charge is 2.40. The number of hydrogen-bond donors (Lipinski definition) is 2. The van der Waals surface area contributed by atoms with Gasteiger partial charge in [-0.05, 0) is 36.0 Å². The average Bonchev–Trinajstić information content (AvgIpc) is 3.31. The normalized spacial score (nSPS) is 19.9. The fourth-order valence-corrected chi connectivity index (χ4v) is 4.47. The van der Waals surface area contributed by atoms with E-state index in [2.05, 4.69) is 27.4 Å². The van der Waals surface area contributed by atoms with Gasteiger partial charge in [0.1, 0.15) is 0 Å². The van der Waals surface area contributed by atoms with Crippen LogP contribution in [0.25, 0.3) is 0 Å². The number of piperidine rings is 1. The smallest absolute Gasteiger partial charge is 0.475 e. The Morgan fingerprint density at radius 2 is 1.67 bits per heavy atom. The molecule has 2 aliphatic rings. The number of pyridine rings is 1. The Balaban J connectivity index is 0.000000317. The number of alkyl halides is 6. The van der Waals surface area contributed by atoms with Crippen LogP contribution in [0.5, 0.6) is 0 Å². The maximum atomic E-state index is 13.0. The molecular formula is C23H25F6N3O6S. The molecule has 0 aliphatic carbocycles. The highest BCUT2D eigenvalue weighted by Crippen LogP contribution is 2.27. The molecule has 2 atom stereocenters. The number of carboxylic acids is 2. The van der Waals surface area contributed by atoms with E-state index in [9.17, 15) is 31.1 Å². The molecule has 2 aliphatic heterocycles. The first kappa shape index (κ1) is 32.0. The number of ether oxygens (including phenoxy) is 1. The lowest BCUT2D eigenvalue weighted by Gasteiger charge is -2.37. The van der Waals surface area contributed by atoms with Crippen LogP contribution < -0.4 is 0 Å². The van der Waals surface area contributed by atoms with E-state index in [-0.39, 0.29) is 17.9 Å². The molecule has 0 bridgehead atoms. The summed E-state index contributed by atoms with van der Waals surface area (Å²) in [4.78, 5) is 40.7. The van der Waals surface area contributed by atoms with E-state index in [1.807, 2.05) is 23.2 Å². The minimum Gasteiger partial charge on any atom is -0.475 e. The predicted octanol–water partition coefficient (Wildman–Crippen LogP) is 3.66. The number of thiophene rings is 1. The van der Waals surface area contributed by atoms with Crippen molar-refractivity contribution >= 4 is 29.2 Å². The van der Waals surface area contributed by atoms with E-state index in [0.717, 1.165) is 31.6 Å². The third-order valence-electron chi connectivity index (χ3n) is 5.51. The van der Waals surface area contributed by atoms with Gasteiger partial charge in [0.25, 0.3) is 0 Å². The van der Waals surface area contributed by atoms with E-state index < -0.39 is 24.3 Å². The number of carboxylic acid groups (broad SMARTS) is 2. The minimum absolute atomic E-state index is 0.0140. The molecule has 4 rings (SSSR count). The number of aliphatic carboxylic acids is 2.